The van der Waals surface area contributed by atoms with Crippen LogP contribution in [0.3, 0.4) is 0 Å². The summed E-state index contributed by atoms with van der Waals surface area (Å²) in [6.45, 7) is 21.7. The third-order valence-electron chi connectivity index (χ3n) is 5.53. The van der Waals surface area contributed by atoms with Gasteiger partial charge in [-0.3, -0.25) is 0 Å². The van der Waals surface area contributed by atoms with E-state index in [1.165, 1.54) is 10.4 Å². The Hall–Kier alpha value is -1.37. The fraction of sp³-hybridized carbons (Fsp3) is 0.481. The van der Waals surface area contributed by atoms with Crippen LogP contribution in [-0.2, 0) is 15.8 Å². The summed E-state index contributed by atoms with van der Waals surface area (Å²) in [6.07, 6.45) is 0.688. The summed E-state index contributed by atoms with van der Waals surface area (Å²) in [6, 6.07) is 21.3. The molecule has 176 valence electrons. The molecule has 0 aliphatic heterocycles. The minimum absolute atomic E-state index is 0.0719. The molecule has 0 aromatic heterocycles. The monoisotopic (exact) mass is 471 g/mol. The van der Waals surface area contributed by atoms with E-state index < -0.39 is 19.7 Å². The zero-order chi connectivity index (χ0) is 24.2. The minimum Gasteiger partial charge on any atom is -0.598 e. The Morgan fingerprint density at radius 2 is 1.31 bits per heavy atom. The van der Waals surface area contributed by atoms with Crippen LogP contribution in [0.4, 0.5) is 0 Å². The van der Waals surface area contributed by atoms with Crippen LogP contribution in [0.15, 0.2) is 72.8 Å². The molecule has 0 bridgehead atoms. The number of rotatable bonds is 9. The Bertz CT molecular complexity index is 831. The molecule has 0 saturated heterocycles. The number of benzene rings is 2. The Balaban J connectivity index is 2.31. The van der Waals surface area contributed by atoms with Crippen molar-refractivity contribution in [2.24, 2.45) is 0 Å². The molecule has 5 heteroatoms. The number of hydrogen-bond acceptors (Lipinski definition) is 3. The molecule has 0 heterocycles. The molecule has 0 radical (unpaired) electrons. The summed E-state index contributed by atoms with van der Waals surface area (Å²) in [5, 5.41) is 2.45. The van der Waals surface area contributed by atoms with Crippen LogP contribution < -0.4 is 15.1 Å². The molecule has 1 N–H and O–H groups in total. The molecule has 0 aliphatic carbocycles. The molecule has 0 saturated carbocycles. The third-order valence-corrected chi connectivity index (χ3v) is 12.4. The van der Waals surface area contributed by atoms with Gasteiger partial charge in [-0.05, 0) is 56.5 Å². The Morgan fingerprint density at radius 3 is 1.69 bits per heavy atom. The van der Waals surface area contributed by atoms with Crippen molar-refractivity contribution >= 4 is 30.1 Å². The maximum Gasteiger partial charge on any atom is 0.261 e. The number of hydrogen-bond donors (Lipinski definition) is 1. The van der Waals surface area contributed by atoms with E-state index in [0.717, 1.165) is 5.57 Å². The highest BCUT2D eigenvalue weighted by atomic mass is 32.2. The Morgan fingerprint density at radius 1 is 0.875 bits per heavy atom. The van der Waals surface area contributed by atoms with Crippen molar-refractivity contribution < 1.29 is 8.98 Å². The second-order valence-corrected chi connectivity index (χ2v) is 17.5. The van der Waals surface area contributed by atoms with E-state index >= 15 is 0 Å². The van der Waals surface area contributed by atoms with Crippen molar-refractivity contribution in [2.45, 2.75) is 77.1 Å². The lowest BCUT2D eigenvalue weighted by molar-refractivity contribution is 0.315. The summed E-state index contributed by atoms with van der Waals surface area (Å²) in [7, 11) is -2.59. The van der Waals surface area contributed by atoms with Crippen molar-refractivity contribution in [3.05, 3.63) is 72.8 Å². The zero-order valence-corrected chi connectivity index (χ0v) is 22.9. The predicted octanol–water partition coefficient (Wildman–Crippen LogP) is 5.34. The van der Waals surface area contributed by atoms with Gasteiger partial charge >= 0.3 is 0 Å². The lowest BCUT2D eigenvalue weighted by atomic mass is 9.97. The summed E-state index contributed by atoms with van der Waals surface area (Å²) >= 11 is -1.14. The van der Waals surface area contributed by atoms with Gasteiger partial charge in [-0.25, -0.2) is 0 Å². The van der Waals surface area contributed by atoms with Crippen molar-refractivity contribution in [2.75, 3.05) is 6.61 Å². The molecule has 0 aliphatic rings. The van der Waals surface area contributed by atoms with Gasteiger partial charge in [0.15, 0.2) is 0 Å². The second kappa shape index (κ2) is 10.3. The van der Waals surface area contributed by atoms with Gasteiger partial charge in [0.1, 0.15) is 4.75 Å². The highest BCUT2D eigenvalue weighted by Gasteiger charge is 2.50. The van der Waals surface area contributed by atoms with Crippen LogP contribution >= 0.6 is 0 Å². The fourth-order valence-electron chi connectivity index (χ4n) is 4.09. The molecular formula is C27H41NO2SSi. The Kier molecular flexibility index (Phi) is 8.62. The SMILES string of the molecule is C=C(CO[Si](c1ccccc1)(c1ccccc1)C(C)(C)C)CC(C)(C)N[S+]([O-])C(C)(C)C. The average molecular weight is 472 g/mol. The molecule has 1 unspecified atom stereocenters. The first-order chi connectivity index (χ1) is 14.7. The van der Waals surface area contributed by atoms with Gasteiger partial charge in [0.2, 0.25) is 0 Å². The van der Waals surface area contributed by atoms with E-state index in [1.54, 1.807) is 0 Å². The smallest absolute Gasteiger partial charge is 0.261 e. The van der Waals surface area contributed by atoms with E-state index in [2.05, 4.69) is 107 Å². The minimum atomic E-state index is -2.59. The standard InChI is InChI=1S/C27H41NO2SSi/c1-22(20-27(8,9)28-31(29)25(2,3)4)21-30-32(26(5,6)7,23-16-12-10-13-17-23)24-18-14-11-15-19-24/h10-19,28H,1,20-21H2,2-9H3. The molecule has 0 fully saturated rings. The van der Waals surface area contributed by atoms with Gasteiger partial charge in [0.25, 0.3) is 8.32 Å². The molecular weight excluding hydrogens is 430 g/mol. The first-order valence-corrected chi connectivity index (χ1v) is 14.4. The summed E-state index contributed by atoms with van der Waals surface area (Å²) in [5.74, 6) is 0. The number of nitrogens with one attached hydrogen (secondary N) is 1. The van der Waals surface area contributed by atoms with Crippen molar-refractivity contribution in [3.63, 3.8) is 0 Å². The summed E-state index contributed by atoms with van der Waals surface area (Å²) < 4.78 is 22.6. The van der Waals surface area contributed by atoms with Crippen LogP contribution in [0, 0.1) is 0 Å². The molecule has 1 atom stereocenters. The van der Waals surface area contributed by atoms with Crippen LogP contribution in [0.1, 0.15) is 61.8 Å². The molecule has 0 spiro atoms. The van der Waals surface area contributed by atoms with Gasteiger partial charge < -0.3 is 8.98 Å². The van der Waals surface area contributed by atoms with Gasteiger partial charge in [-0.15, -0.1) is 4.72 Å². The van der Waals surface area contributed by atoms with Crippen molar-refractivity contribution in [1.29, 1.82) is 0 Å². The van der Waals surface area contributed by atoms with Crippen molar-refractivity contribution in [1.82, 2.24) is 4.72 Å². The lowest BCUT2D eigenvalue weighted by Gasteiger charge is -2.43. The van der Waals surface area contributed by atoms with Gasteiger partial charge in [0.05, 0.1) is 12.1 Å². The highest BCUT2D eigenvalue weighted by Crippen LogP contribution is 2.37. The first kappa shape index (κ1) is 26.9. The van der Waals surface area contributed by atoms with Crippen LogP contribution in [0.5, 0.6) is 0 Å². The van der Waals surface area contributed by atoms with E-state index in [4.69, 9.17) is 4.43 Å². The normalized spacial score (nSPS) is 14.3. The molecule has 2 aromatic carbocycles. The molecule has 0 amide bonds. The molecule has 3 nitrogen and oxygen atoms in total. The largest absolute Gasteiger partial charge is 0.598 e. The summed E-state index contributed by atoms with van der Waals surface area (Å²) in [5.41, 5.74) is 0.658. The fourth-order valence-corrected chi connectivity index (χ4v) is 9.54. The van der Waals surface area contributed by atoms with Crippen molar-refractivity contribution in [3.8, 4) is 0 Å². The van der Waals surface area contributed by atoms with E-state index in [9.17, 15) is 4.55 Å². The molecule has 32 heavy (non-hydrogen) atoms. The maximum absolute atomic E-state index is 12.6. The van der Waals surface area contributed by atoms with Crippen LogP contribution in [-0.4, -0.2) is 29.8 Å². The predicted molar refractivity (Wildman–Crippen MR) is 142 cm³/mol. The second-order valence-electron chi connectivity index (χ2n) is 11.2. The maximum atomic E-state index is 12.6. The van der Waals surface area contributed by atoms with E-state index in [0.29, 0.717) is 13.0 Å². The topological polar surface area (TPSA) is 44.3 Å². The van der Waals surface area contributed by atoms with Crippen LogP contribution in [0.25, 0.3) is 0 Å². The zero-order valence-electron chi connectivity index (χ0n) is 21.1. The van der Waals surface area contributed by atoms with Gasteiger partial charge in [-0.2, -0.15) is 0 Å². The molecule has 2 rings (SSSR count). The van der Waals surface area contributed by atoms with E-state index in [1.807, 2.05) is 20.8 Å². The van der Waals surface area contributed by atoms with Gasteiger partial charge in [0, 0.05) is 11.4 Å². The van der Waals surface area contributed by atoms with Gasteiger partial charge in [-0.1, -0.05) is 93.6 Å². The lowest BCUT2D eigenvalue weighted by Crippen LogP contribution is -2.66. The first-order valence-electron chi connectivity index (χ1n) is 11.3. The molecule has 2 aromatic rings. The third kappa shape index (κ3) is 6.58. The Labute approximate surface area is 200 Å². The quantitative estimate of drug-likeness (QED) is 0.305. The van der Waals surface area contributed by atoms with Crippen LogP contribution in [0.2, 0.25) is 5.04 Å². The highest BCUT2D eigenvalue weighted by molar-refractivity contribution is 7.90. The summed E-state index contributed by atoms with van der Waals surface area (Å²) in [4.78, 5) is 0. The average Bonchev–Trinajstić information content (AvgIpc) is 2.67. The van der Waals surface area contributed by atoms with E-state index in [-0.39, 0.29) is 15.3 Å².